The molecule has 0 radical (unpaired) electrons. The summed E-state index contributed by atoms with van der Waals surface area (Å²) < 4.78 is 3.41. The second-order valence-corrected chi connectivity index (χ2v) is 8.57. The Kier molecular flexibility index (Phi) is 7.02. The van der Waals surface area contributed by atoms with E-state index in [0.717, 1.165) is 35.8 Å². The molecule has 0 bridgehead atoms. The van der Waals surface area contributed by atoms with Gasteiger partial charge < -0.3 is 14.8 Å². The van der Waals surface area contributed by atoms with E-state index in [1.54, 1.807) is 13.2 Å². The molecule has 1 N–H and O–H groups in total. The SMILES string of the molecule is Cn1ncc2c3ccccc3n(CCCC(=O)NCCCN3CCCCCC3)c2c1=O. The van der Waals surface area contributed by atoms with Gasteiger partial charge in [-0.05, 0) is 51.4 Å². The molecule has 1 amide bonds. The maximum Gasteiger partial charge on any atom is 0.291 e. The minimum Gasteiger partial charge on any atom is -0.356 e. The highest BCUT2D eigenvalue weighted by molar-refractivity contribution is 6.07. The van der Waals surface area contributed by atoms with Gasteiger partial charge in [0, 0.05) is 42.8 Å². The third kappa shape index (κ3) is 4.98. The van der Waals surface area contributed by atoms with Crippen LogP contribution in [0.25, 0.3) is 21.8 Å². The van der Waals surface area contributed by atoms with Gasteiger partial charge in [-0.15, -0.1) is 0 Å². The van der Waals surface area contributed by atoms with E-state index in [2.05, 4.69) is 15.3 Å². The maximum atomic E-state index is 12.7. The number of nitrogens with zero attached hydrogens (tertiary/aromatic N) is 4. The van der Waals surface area contributed by atoms with Gasteiger partial charge in [-0.25, -0.2) is 4.68 Å². The third-order valence-corrected chi connectivity index (χ3v) is 6.32. The van der Waals surface area contributed by atoms with Crippen molar-refractivity contribution >= 4 is 27.7 Å². The van der Waals surface area contributed by atoms with Crippen molar-refractivity contribution in [3.05, 3.63) is 40.8 Å². The number of nitrogens with one attached hydrogen (secondary N) is 1. The van der Waals surface area contributed by atoms with Gasteiger partial charge in [-0.3, -0.25) is 9.59 Å². The van der Waals surface area contributed by atoms with Crippen molar-refractivity contribution in [2.45, 2.75) is 51.5 Å². The quantitative estimate of drug-likeness (QED) is 0.565. The van der Waals surface area contributed by atoms with Gasteiger partial charge in [0.1, 0.15) is 5.52 Å². The molecule has 3 aromatic rings. The fourth-order valence-corrected chi connectivity index (χ4v) is 4.65. The van der Waals surface area contributed by atoms with Gasteiger partial charge in [-0.2, -0.15) is 5.10 Å². The van der Waals surface area contributed by atoms with Crippen LogP contribution in [0.3, 0.4) is 0 Å². The summed E-state index contributed by atoms with van der Waals surface area (Å²) in [5.74, 6) is 0.0891. The molecule has 0 spiro atoms. The molecule has 1 aromatic carbocycles. The monoisotopic (exact) mass is 423 g/mol. The summed E-state index contributed by atoms with van der Waals surface area (Å²) >= 11 is 0. The standard InChI is InChI=1S/C24H33N5O2/c1-27-24(31)23-20(18-26-27)19-10-4-5-11-21(19)29(23)17-8-12-22(30)25-13-9-16-28-14-6-2-3-7-15-28/h4-5,10-11,18H,2-3,6-9,12-17H2,1H3,(H,25,30). The van der Waals surface area contributed by atoms with E-state index in [9.17, 15) is 9.59 Å². The first-order valence-electron chi connectivity index (χ1n) is 11.6. The first-order chi connectivity index (χ1) is 15.1. The van der Waals surface area contributed by atoms with Crippen molar-refractivity contribution in [3.63, 3.8) is 0 Å². The Morgan fingerprint density at radius 3 is 2.61 bits per heavy atom. The fourth-order valence-electron chi connectivity index (χ4n) is 4.65. The molecular formula is C24H33N5O2. The van der Waals surface area contributed by atoms with Crippen LogP contribution in [-0.2, 0) is 18.4 Å². The fraction of sp³-hybridized carbons (Fsp3) is 0.542. The number of fused-ring (bicyclic) bond motifs is 3. The molecule has 0 atom stereocenters. The summed E-state index contributed by atoms with van der Waals surface area (Å²) in [5, 5.41) is 9.15. The van der Waals surface area contributed by atoms with E-state index < -0.39 is 0 Å². The van der Waals surface area contributed by atoms with Crippen molar-refractivity contribution in [3.8, 4) is 0 Å². The topological polar surface area (TPSA) is 72.2 Å². The van der Waals surface area contributed by atoms with E-state index in [4.69, 9.17) is 0 Å². The second-order valence-electron chi connectivity index (χ2n) is 8.57. The highest BCUT2D eigenvalue weighted by Crippen LogP contribution is 2.26. The largest absolute Gasteiger partial charge is 0.356 e. The molecule has 1 fully saturated rings. The number of aryl methyl sites for hydroxylation is 2. The first kappa shape index (κ1) is 21.6. The summed E-state index contributed by atoms with van der Waals surface area (Å²) in [7, 11) is 1.67. The van der Waals surface area contributed by atoms with E-state index in [1.807, 2.05) is 28.8 Å². The highest BCUT2D eigenvalue weighted by atomic mass is 16.1. The molecule has 166 valence electrons. The lowest BCUT2D eigenvalue weighted by Gasteiger charge is -2.19. The second kappa shape index (κ2) is 10.1. The summed E-state index contributed by atoms with van der Waals surface area (Å²) in [4.78, 5) is 27.6. The van der Waals surface area contributed by atoms with Crippen LogP contribution in [0, 0.1) is 0 Å². The molecule has 1 saturated heterocycles. The number of benzene rings is 1. The molecule has 0 aliphatic carbocycles. The molecule has 0 saturated carbocycles. The van der Waals surface area contributed by atoms with Crippen LogP contribution in [0.4, 0.5) is 0 Å². The Hall–Kier alpha value is -2.67. The average molecular weight is 424 g/mol. The Morgan fingerprint density at radius 1 is 1.03 bits per heavy atom. The summed E-state index contributed by atoms with van der Waals surface area (Å²) in [6.45, 7) is 4.82. The van der Waals surface area contributed by atoms with Gasteiger partial charge in [0.25, 0.3) is 5.56 Å². The van der Waals surface area contributed by atoms with Crippen molar-refractivity contribution in [2.24, 2.45) is 7.05 Å². The van der Waals surface area contributed by atoms with Gasteiger partial charge in [0.15, 0.2) is 0 Å². The Balaban J connectivity index is 1.31. The van der Waals surface area contributed by atoms with Gasteiger partial charge in [-0.1, -0.05) is 31.0 Å². The van der Waals surface area contributed by atoms with Gasteiger partial charge >= 0.3 is 0 Å². The predicted molar refractivity (Wildman–Crippen MR) is 124 cm³/mol. The summed E-state index contributed by atoms with van der Waals surface area (Å²) in [6, 6.07) is 8.00. The van der Waals surface area contributed by atoms with Crippen LogP contribution < -0.4 is 10.9 Å². The molecule has 0 unspecified atom stereocenters. The number of rotatable bonds is 8. The van der Waals surface area contributed by atoms with E-state index in [-0.39, 0.29) is 11.5 Å². The lowest BCUT2D eigenvalue weighted by atomic mass is 10.2. The van der Waals surface area contributed by atoms with Crippen LogP contribution in [0.5, 0.6) is 0 Å². The molecule has 4 rings (SSSR count). The number of amides is 1. The number of likely N-dealkylation sites (tertiary alicyclic amines) is 1. The van der Waals surface area contributed by atoms with Gasteiger partial charge in [0.2, 0.25) is 5.91 Å². The average Bonchev–Trinajstić information content (AvgIpc) is 2.91. The van der Waals surface area contributed by atoms with Crippen molar-refractivity contribution < 1.29 is 4.79 Å². The highest BCUT2D eigenvalue weighted by Gasteiger charge is 2.15. The van der Waals surface area contributed by atoms with E-state index in [0.29, 0.717) is 24.9 Å². The minimum atomic E-state index is -0.105. The van der Waals surface area contributed by atoms with Crippen LogP contribution in [0.1, 0.15) is 44.9 Å². The predicted octanol–water partition coefficient (Wildman–Crippen LogP) is 3.05. The molecule has 7 heteroatoms. The van der Waals surface area contributed by atoms with E-state index >= 15 is 0 Å². The molecule has 31 heavy (non-hydrogen) atoms. The minimum absolute atomic E-state index is 0.0891. The molecule has 7 nitrogen and oxygen atoms in total. The van der Waals surface area contributed by atoms with Crippen molar-refractivity contribution in [1.29, 1.82) is 0 Å². The summed E-state index contributed by atoms with van der Waals surface area (Å²) in [6.07, 6.45) is 9.21. The molecular weight excluding hydrogens is 390 g/mol. The Labute approximate surface area is 183 Å². The van der Waals surface area contributed by atoms with Crippen molar-refractivity contribution in [2.75, 3.05) is 26.2 Å². The zero-order chi connectivity index (χ0) is 21.6. The number of hydrogen-bond acceptors (Lipinski definition) is 4. The zero-order valence-corrected chi connectivity index (χ0v) is 18.5. The lowest BCUT2D eigenvalue weighted by Crippen LogP contribution is -2.30. The number of hydrogen-bond donors (Lipinski definition) is 1. The summed E-state index contributed by atoms with van der Waals surface area (Å²) in [5.41, 5.74) is 1.57. The third-order valence-electron chi connectivity index (χ3n) is 6.32. The maximum absolute atomic E-state index is 12.7. The lowest BCUT2D eigenvalue weighted by molar-refractivity contribution is -0.121. The number of carbonyl (C=O) groups is 1. The molecule has 1 aliphatic rings. The normalized spacial score (nSPS) is 15.4. The van der Waals surface area contributed by atoms with Crippen LogP contribution in [0.15, 0.2) is 35.3 Å². The first-order valence-corrected chi connectivity index (χ1v) is 11.6. The smallest absolute Gasteiger partial charge is 0.291 e. The molecule has 3 heterocycles. The van der Waals surface area contributed by atoms with Crippen LogP contribution in [-0.4, -0.2) is 51.3 Å². The zero-order valence-electron chi connectivity index (χ0n) is 18.5. The van der Waals surface area contributed by atoms with Crippen LogP contribution >= 0.6 is 0 Å². The van der Waals surface area contributed by atoms with Crippen molar-refractivity contribution in [1.82, 2.24) is 24.6 Å². The Bertz CT molecular complexity index is 1090. The Morgan fingerprint density at radius 2 is 1.81 bits per heavy atom. The molecule has 1 aliphatic heterocycles. The molecule has 2 aromatic heterocycles. The van der Waals surface area contributed by atoms with Gasteiger partial charge in [0.05, 0.1) is 6.20 Å². The van der Waals surface area contributed by atoms with Crippen LogP contribution in [0.2, 0.25) is 0 Å². The number of para-hydroxylation sites is 1. The van der Waals surface area contributed by atoms with E-state index in [1.165, 1.54) is 43.5 Å². The number of carbonyl (C=O) groups excluding carboxylic acids is 1. The number of aromatic nitrogens is 3.